The Morgan fingerprint density at radius 3 is 2.79 bits per heavy atom. The van der Waals surface area contributed by atoms with Crippen molar-refractivity contribution in [3.05, 3.63) is 60.7 Å². The van der Waals surface area contributed by atoms with Crippen molar-refractivity contribution in [2.24, 2.45) is 0 Å². The van der Waals surface area contributed by atoms with Crippen LogP contribution in [0.25, 0.3) is 6.08 Å². The van der Waals surface area contributed by atoms with Gasteiger partial charge in [-0.3, -0.25) is 9.59 Å². The van der Waals surface area contributed by atoms with Crippen molar-refractivity contribution in [2.75, 3.05) is 6.54 Å². The predicted octanol–water partition coefficient (Wildman–Crippen LogP) is 1.61. The first-order valence-corrected chi connectivity index (χ1v) is 7.92. The molecule has 2 N–H and O–H groups in total. The van der Waals surface area contributed by atoms with E-state index in [0.717, 1.165) is 18.5 Å². The number of amides is 2. The first kappa shape index (κ1) is 17.5. The summed E-state index contributed by atoms with van der Waals surface area (Å²) in [5.74, 6) is -0.484. The van der Waals surface area contributed by atoms with E-state index in [9.17, 15) is 9.59 Å². The molecule has 6 heteroatoms. The van der Waals surface area contributed by atoms with Gasteiger partial charge >= 0.3 is 0 Å². The van der Waals surface area contributed by atoms with E-state index in [4.69, 9.17) is 0 Å². The van der Waals surface area contributed by atoms with E-state index in [0.29, 0.717) is 6.54 Å². The maximum Gasteiger partial charge on any atom is 0.244 e. The molecule has 1 unspecified atom stereocenters. The maximum atomic E-state index is 11.9. The first-order chi connectivity index (χ1) is 11.6. The van der Waals surface area contributed by atoms with Crippen LogP contribution in [0.4, 0.5) is 0 Å². The second kappa shape index (κ2) is 9.29. The summed E-state index contributed by atoms with van der Waals surface area (Å²) >= 11 is 0. The maximum absolute atomic E-state index is 11.9. The van der Waals surface area contributed by atoms with Gasteiger partial charge in [-0.25, -0.2) is 4.98 Å². The fourth-order valence-electron chi connectivity index (χ4n) is 2.11. The number of benzene rings is 1. The Morgan fingerprint density at radius 2 is 2.08 bits per heavy atom. The van der Waals surface area contributed by atoms with Crippen LogP contribution >= 0.6 is 0 Å². The van der Waals surface area contributed by atoms with Crippen LogP contribution in [0.2, 0.25) is 0 Å². The quantitative estimate of drug-likeness (QED) is 0.571. The average molecular weight is 326 g/mol. The highest BCUT2D eigenvalue weighted by molar-refractivity contribution is 5.95. The molecule has 1 aromatic carbocycles. The number of hydrogen-bond acceptors (Lipinski definition) is 3. The molecular weight excluding hydrogens is 304 g/mol. The van der Waals surface area contributed by atoms with Gasteiger partial charge in [0.1, 0.15) is 6.04 Å². The lowest BCUT2D eigenvalue weighted by Gasteiger charge is -2.13. The van der Waals surface area contributed by atoms with Gasteiger partial charge in [-0.2, -0.15) is 0 Å². The van der Waals surface area contributed by atoms with Crippen LogP contribution in [0, 0.1) is 0 Å². The summed E-state index contributed by atoms with van der Waals surface area (Å²) in [6.45, 7) is 3.01. The molecule has 1 atom stereocenters. The van der Waals surface area contributed by atoms with Crippen molar-refractivity contribution in [3.8, 4) is 0 Å². The Kier molecular flexibility index (Phi) is 6.76. The second-order valence-electron chi connectivity index (χ2n) is 5.42. The van der Waals surface area contributed by atoms with Gasteiger partial charge in [-0.1, -0.05) is 30.3 Å². The zero-order valence-corrected chi connectivity index (χ0v) is 13.7. The third-order valence-electron chi connectivity index (χ3n) is 3.43. The number of aromatic nitrogens is 2. The first-order valence-electron chi connectivity index (χ1n) is 7.92. The number of hydrogen-bond donors (Lipinski definition) is 2. The summed E-state index contributed by atoms with van der Waals surface area (Å²) in [7, 11) is 0. The van der Waals surface area contributed by atoms with E-state index in [1.807, 2.05) is 41.1 Å². The van der Waals surface area contributed by atoms with Crippen LogP contribution in [-0.2, 0) is 16.1 Å². The summed E-state index contributed by atoms with van der Waals surface area (Å²) in [6.07, 6.45) is 9.28. The average Bonchev–Trinajstić information content (AvgIpc) is 3.11. The van der Waals surface area contributed by atoms with Crippen molar-refractivity contribution in [1.29, 1.82) is 0 Å². The third kappa shape index (κ3) is 6.08. The molecule has 2 aromatic rings. The number of nitrogens with zero attached hydrogens (tertiary/aromatic N) is 2. The lowest BCUT2D eigenvalue weighted by atomic mass is 10.2. The summed E-state index contributed by atoms with van der Waals surface area (Å²) in [5, 5.41) is 5.46. The van der Waals surface area contributed by atoms with Crippen molar-refractivity contribution in [1.82, 2.24) is 20.2 Å². The molecule has 2 amide bonds. The molecule has 126 valence electrons. The van der Waals surface area contributed by atoms with E-state index in [2.05, 4.69) is 15.6 Å². The fourth-order valence-corrected chi connectivity index (χ4v) is 2.11. The molecule has 0 saturated carbocycles. The van der Waals surface area contributed by atoms with Crippen molar-refractivity contribution in [2.45, 2.75) is 25.9 Å². The van der Waals surface area contributed by atoms with E-state index in [1.165, 1.54) is 6.08 Å². The van der Waals surface area contributed by atoms with Gasteiger partial charge in [0.15, 0.2) is 0 Å². The highest BCUT2D eigenvalue weighted by Crippen LogP contribution is 2.00. The molecule has 0 fully saturated rings. The molecule has 0 radical (unpaired) electrons. The van der Waals surface area contributed by atoms with Crippen LogP contribution in [0.5, 0.6) is 0 Å². The van der Waals surface area contributed by atoms with Gasteiger partial charge < -0.3 is 15.2 Å². The zero-order valence-electron chi connectivity index (χ0n) is 13.7. The minimum atomic E-state index is -0.578. The number of rotatable bonds is 8. The Balaban J connectivity index is 1.66. The molecule has 0 aliphatic rings. The van der Waals surface area contributed by atoms with E-state index in [1.54, 1.807) is 25.5 Å². The number of imidazole rings is 1. The van der Waals surface area contributed by atoms with Gasteiger partial charge in [-0.05, 0) is 25.0 Å². The summed E-state index contributed by atoms with van der Waals surface area (Å²) in [6, 6.07) is 8.94. The van der Waals surface area contributed by atoms with E-state index in [-0.39, 0.29) is 11.8 Å². The normalized spacial score (nSPS) is 12.0. The van der Waals surface area contributed by atoms with E-state index < -0.39 is 6.04 Å². The van der Waals surface area contributed by atoms with Crippen molar-refractivity contribution < 1.29 is 9.59 Å². The van der Waals surface area contributed by atoms with Crippen LogP contribution in [0.1, 0.15) is 18.9 Å². The van der Waals surface area contributed by atoms with Gasteiger partial charge in [0.25, 0.3) is 0 Å². The molecule has 6 nitrogen and oxygen atoms in total. The molecule has 24 heavy (non-hydrogen) atoms. The summed E-state index contributed by atoms with van der Waals surface area (Å²) < 4.78 is 1.95. The number of nitrogens with one attached hydrogen (secondary N) is 2. The predicted molar refractivity (Wildman–Crippen MR) is 92.9 cm³/mol. The molecule has 0 saturated heterocycles. The zero-order chi connectivity index (χ0) is 17.2. The second-order valence-corrected chi connectivity index (χ2v) is 5.42. The summed E-state index contributed by atoms with van der Waals surface area (Å²) in [5.41, 5.74) is 0.934. The smallest absolute Gasteiger partial charge is 0.244 e. The molecule has 0 aliphatic carbocycles. The van der Waals surface area contributed by atoms with Crippen LogP contribution < -0.4 is 10.6 Å². The van der Waals surface area contributed by atoms with Gasteiger partial charge in [-0.15, -0.1) is 0 Å². The minimum Gasteiger partial charge on any atom is -0.354 e. The Bertz CT molecular complexity index is 666. The van der Waals surface area contributed by atoms with Crippen LogP contribution in [0.3, 0.4) is 0 Å². The number of carbonyl (C=O) groups is 2. The van der Waals surface area contributed by atoms with Gasteiger partial charge in [0.05, 0.1) is 6.33 Å². The molecule has 1 aromatic heterocycles. The fraction of sp³-hybridized carbons (Fsp3) is 0.278. The van der Waals surface area contributed by atoms with Crippen LogP contribution in [-0.4, -0.2) is 34.0 Å². The highest BCUT2D eigenvalue weighted by Gasteiger charge is 2.13. The molecule has 0 spiro atoms. The SMILES string of the molecule is CC(NC(=O)/C=C/c1ccccc1)C(=O)NCCCn1ccnc1. The van der Waals surface area contributed by atoms with Gasteiger partial charge in [0.2, 0.25) is 11.8 Å². The van der Waals surface area contributed by atoms with Crippen LogP contribution in [0.15, 0.2) is 55.1 Å². The monoisotopic (exact) mass is 326 g/mol. The molecule has 0 bridgehead atoms. The molecule has 2 rings (SSSR count). The summed E-state index contributed by atoms with van der Waals surface area (Å²) in [4.78, 5) is 27.7. The topological polar surface area (TPSA) is 76.0 Å². The highest BCUT2D eigenvalue weighted by atomic mass is 16.2. The molecule has 0 aliphatic heterocycles. The Hall–Kier alpha value is -2.89. The molecular formula is C18H22N4O2. The Labute approximate surface area is 141 Å². The molecule has 1 heterocycles. The van der Waals surface area contributed by atoms with E-state index >= 15 is 0 Å². The third-order valence-corrected chi connectivity index (χ3v) is 3.43. The van der Waals surface area contributed by atoms with Crippen molar-refractivity contribution >= 4 is 17.9 Å². The van der Waals surface area contributed by atoms with Gasteiger partial charge in [0, 0.05) is 31.6 Å². The minimum absolute atomic E-state index is 0.193. The largest absolute Gasteiger partial charge is 0.354 e. The standard InChI is InChI=1S/C18H22N4O2/c1-15(18(24)20-10-5-12-22-13-11-19-14-22)21-17(23)9-8-16-6-3-2-4-7-16/h2-4,6-9,11,13-15H,5,10,12H2,1H3,(H,20,24)(H,21,23)/b9-8+. The lowest BCUT2D eigenvalue weighted by molar-refractivity contribution is -0.126. The number of aryl methyl sites for hydroxylation is 1. The Morgan fingerprint density at radius 1 is 1.29 bits per heavy atom. The van der Waals surface area contributed by atoms with Crippen molar-refractivity contribution in [3.63, 3.8) is 0 Å². The number of carbonyl (C=O) groups excluding carboxylic acids is 2. The lowest BCUT2D eigenvalue weighted by Crippen LogP contribution is -2.44.